The Labute approximate surface area is 287 Å². The summed E-state index contributed by atoms with van der Waals surface area (Å²) in [5.74, 6) is 0.0783. The van der Waals surface area contributed by atoms with Gasteiger partial charge in [0.2, 0.25) is 0 Å². The van der Waals surface area contributed by atoms with Crippen molar-refractivity contribution < 1.29 is 63.9 Å². The van der Waals surface area contributed by atoms with Crippen molar-refractivity contribution in [3.05, 3.63) is 11.6 Å². The summed E-state index contributed by atoms with van der Waals surface area (Å²) in [6.45, 7) is 5.98. The molecule has 0 aromatic rings. The number of fused-ring (bicyclic) bond motifs is 5. The van der Waals surface area contributed by atoms with Gasteiger partial charge in [-0.05, 0) is 87.0 Å². The lowest BCUT2D eigenvalue weighted by Gasteiger charge is -2.66. The van der Waals surface area contributed by atoms with Crippen LogP contribution in [0, 0.1) is 28.6 Å². The first-order valence-electron chi connectivity index (χ1n) is 18.3. The van der Waals surface area contributed by atoms with Crippen molar-refractivity contribution in [2.24, 2.45) is 28.6 Å². The highest BCUT2D eigenvalue weighted by molar-refractivity contribution is 5.85. The summed E-state index contributed by atoms with van der Waals surface area (Å²) < 4.78 is 35.4. The molecule has 0 spiro atoms. The molecule has 6 fully saturated rings. The highest BCUT2D eigenvalue weighted by Crippen LogP contribution is 2.70. The zero-order valence-electron chi connectivity index (χ0n) is 29.1. The molecule has 7 rings (SSSR count). The zero-order valence-corrected chi connectivity index (χ0v) is 29.1. The van der Waals surface area contributed by atoms with Crippen molar-refractivity contribution in [2.45, 2.75) is 158 Å². The molecule has 0 aromatic carbocycles. The second-order valence-corrected chi connectivity index (χ2v) is 16.6. The maximum Gasteiger partial charge on any atom is 0.331 e. The van der Waals surface area contributed by atoms with E-state index in [0.717, 1.165) is 44.1 Å². The Morgan fingerprint density at radius 2 is 1.63 bits per heavy atom. The molecule has 0 bridgehead atoms. The molecular weight excluding hydrogens is 640 g/mol. The predicted molar refractivity (Wildman–Crippen MR) is 170 cm³/mol. The van der Waals surface area contributed by atoms with Gasteiger partial charge in [0.25, 0.3) is 0 Å². The Morgan fingerprint density at radius 3 is 2.33 bits per heavy atom. The molecule has 0 amide bonds. The van der Waals surface area contributed by atoms with Gasteiger partial charge in [0, 0.05) is 31.4 Å². The maximum atomic E-state index is 12.5. The van der Waals surface area contributed by atoms with Crippen molar-refractivity contribution in [2.75, 3.05) is 20.3 Å². The highest BCUT2D eigenvalue weighted by atomic mass is 16.7. The number of hydrogen-bond donors (Lipinski definition) is 6. The molecule has 13 heteroatoms. The second kappa shape index (κ2) is 13.0. The lowest BCUT2D eigenvalue weighted by Crippen LogP contribution is -2.67. The van der Waals surface area contributed by atoms with E-state index in [1.165, 1.54) is 0 Å². The Bertz CT molecular complexity index is 1280. The Hall–Kier alpha value is -1.23. The molecule has 13 nitrogen and oxygen atoms in total. The van der Waals surface area contributed by atoms with Gasteiger partial charge in [0.05, 0.1) is 36.1 Å². The Balaban J connectivity index is 0.994. The normalized spacial score (nSPS) is 54.4. The summed E-state index contributed by atoms with van der Waals surface area (Å²) in [5, 5.41) is 65.4. The third-order valence-corrected chi connectivity index (χ3v) is 14.5. The average molecular weight is 697 g/mol. The first-order chi connectivity index (χ1) is 23.2. The molecule has 49 heavy (non-hydrogen) atoms. The largest absolute Gasteiger partial charge is 0.458 e. The summed E-state index contributed by atoms with van der Waals surface area (Å²) in [7, 11) is 1.55. The van der Waals surface area contributed by atoms with Crippen LogP contribution in [0.2, 0.25) is 0 Å². The van der Waals surface area contributed by atoms with E-state index in [1.807, 2.05) is 0 Å². The number of rotatable bonds is 7. The molecular formula is C36H56O13. The van der Waals surface area contributed by atoms with Gasteiger partial charge >= 0.3 is 5.97 Å². The molecule has 4 saturated carbocycles. The van der Waals surface area contributed by atoms with Crippen LogP contribution in [-0.4, -0.2) is 130 Å². The van der Waals surface area contributed by atoms with Crippen LogP contribution in [-0.2, 0) is 33.2 Å². The fraction of sp³-hybridized carbons (Fsp3) is 0.917. The van der Waals surface area contributed by atoms with Gasteiger partial charge in [0.1, 0.15) is 37.1 Å². The maximum absolute atomic E-state index is 12.5. The average Bonchev–Trinajstić information content (AvgIpc) is 3.61. The summed E-state index contributed by atoms with van der Waals surface area (Å²) in [6, 6.07) is 0. The molecule has 0 unspecified atom stereocenters. The third-order valence-electron chi connectivity index (χ3n) is 14.5. The van der Waals surface area contributed by atoms with Gasteiger partial charge in [-0.2, -0.15) is 0 Å². The third kappa shape index (κ3) is 5.65. The van der Waals surface area contributed by atoms with Gasteiger partial charge in [-0.15, -0.1) is 0 Å². The van der Waals surface area contributed by atoms with E-state index in [0.29, 0.717) is 32.3 Å². The van der Waals surface area contributed by atoms with Crippen LogP contribution in [0.5, 0.6) is 0 Å². The number of ether oxygens (including phenoxy) is 6. The number of methoxy groups -OCH3 is 1. The topological polar surface area (TPSA) is 194 Å². The van der Waals surface area contributed by atoms with E-state index in [4.69, 9.17) is 28.4 Å². The molecule has 7 aliphatic rings. The zero-order chi connectivity index (χ0) is 35.1. The van der Waals surface area contributed by atoms with Gasteiger partial charge < -0.3 is 59.1 Å². The van der Waals surface area contributed by atoms with E-state index in [9.17, 15) is 35.4 Å². The van der Waals surface area contributed by atoms with Gasteiger partial charge in [-0.25, -0.2) is 4.79 Å². The van der Waals surface area contributed by atoms with Crippen LogP contribution >= 0.6 is 0 Å². The summed E-state index contributed by atoms with van der Waals surface area (Å²) in [4.78, 5) is 11.9. The van der Waals surface area contributed by atoms with E-state index in [1.54, 1.807) is 20.1 Å². The van der Waals surface area contributed by atoms with E-state index in [2.05, 4.69) is 13.8 Å². The monoisotopic (exact) mass is 696 g/mol. The van der Waals surface area contributed by atoms with Crippen LogP contribution < -0.4 is 0 Å². The van der Waals surface area contributed by atoms with Crippen LogP contribution in [0.4, 0.5) is 0 Å². The molecule has 0 radical (unpaired) electrons. The standard InChI is InChI=1S/C36H56O13/c1-18-31(49-32-30(41)29(40)28(39)25(16-37)48-32)24(44-4)14-27(46-18)47-20-5-9-33(2)22-6-10-34(3)21(19-13-26(38)45-17-19)8-12-36(34,43)23(22)7-11-35(33,42)15-20/h13,18,20-25,27-32,37,39-43H,5-12,14-17H2,1-4H3/t18-,20-,21-,22+,23-,24+,25-,27-,28-,29+,30-,31+,32-,33+,34+,35+,36-/m0/s1. The summed E-state index contributed by atoms with van der Waals surface area (Å²) in [5.41, 5.74) is -1.52. The van der Waals surface area contributed by atoms with Crippen LogP contribution in [0.15, 0.2) is 11.6 Å². The van der Waals surface area contributed by atoms with Gasteiger partial charge in [-0.1, -0.05) is 13.8 Å². The molecule has 17 atom stereocenters. The highest BCUT2D eigenvalue weighted by Gasteiger charge is 2.70. The van der Waals surface area contributed by atoms with Crippen molar-refractivity contribution in [3.63, 3.8) is 0 Å². The molecule has 278 valence electrons. The summed E-state index contributed by atoms with van der Waals surface area (Å²) >= 11 is 0. The Kier molecular flexibility index (Phi) is 9.60. The number of aliphatic hydroxyl groups is 6. The number of aliphatic hydroxyl groups excluding tert-OH is 4. The molecule has 2 saturated heterocycles. The van der Waals surface area contributed by atoms with Crippen molar-refractivity contribution in [1.82, 2.24) is 0 Å². The minimum absolute atomic E-state index is 0.0724. The van der Waals surface area contributed by atoms with Crippen LogP contribution in [0.1, 0.15) is 85.0 Å². The van der Waals surface area contributed by atoms with E-state index >= 15 is 0 Å². The minimum atomic E-state index is -1.56. The smallest absolute Gasteiger partial charge is 0.331 e. The molecule has 0 aromatic heterocycles. The molecule has 3 heterocycles. The molecule has 3 aliphatic heterocycles. The first kappa shape index (κ1) is 36.1. The lowest BCUT2D eigenvalue weighted by atomic mass is 9.42. The van der Waals surface area contributed by atoms with Crippen LogP contribution in [0.25, 0.3) is 0 Å². The SMILES string of the molecule is CO[C@@H]1C[C@H](O[C@H]2CC[C@]3(C)[C@@H]4CC[C@]5(C)[C@H](C6=CC(=O)OC6)CC[C@]5(O)[C@H]4CC[C@@]3(O)C2)O[C@@H](C)[C@H]1O[C@@H]1O[C@@H](CO)[C@H](O)[C@@H](O)[C@@H]1O. The predicted octanol–water partition coefficient (Wildman–Crippen LogP) is 1.08. The van der Waals surface area contributed by atoms with Gasteiger partial charge in [-0.3, -0.25) is 0 Å². The summed E-state index contributed by atoms with van der Waals surface area (Å²) in [6.07, 6.45) is -1.10. The number of hydrogen-bond acceptors (Lipinski definition) is 13. The van der Waals surface area contributed by atoms with E-state index in [-0.39, 0.29) is 40.7 Å². The number of carbonyl (C=O) groups excluding carboxylic acids is 1. The van der Waals surface area contributed by atoms with Crippen molar-refractivity contribution in [1.29, 1.82) is 0 Å². The number of carbonyl (C=O) groups is 1. The van der Waals surface area contributed by atoms with Gasteiger partial charge in [0.15, 0.2) is 12.6 Å². The Morgan fingerprint density at radius 1 is 0.898 bits per heavy atom. The number of cyclic esters (lactones) is 1. The van der Waals surface area contributed by atoms with Crippen LogP contribution in [0.3, 0.4) is 0 Å². The van der Waals surface area contributed by atoms with Crippen molar-refractivity contribution >= 4 is 5.97 Å². The van der Waals surface area contributed by atoms with E-state index < -0.39 is 73.1 Å². The number of esters is 1. The second-order valence-electron chi connectivity index (χ2n) is 16.6. The lowest BCUT2D eigenvalue weighted by molar-refractivity contribution is -0.347. The molecule has 4 aliphatic carbocycles. The molecule has 6 N–H and O–H groups in total. The fourth-order valence-electron chi connectivity index (χ4n) is 11.5. The first-order valence-corrected chi connectivity index (χ1v) is 18.3. The van der Waals surface area contributed by atoms with Crippen molar-refractivity contribution in [3.8, 4) is 0 Å². The quantitative estimate of drug-likeness (QED) is 0.164. The minimum Gasteiger partial charge on any atom is -0.458 e. The fourth-order valence-corrected chi connectivity index (χ4v) is 11.5.